The molecule has 1 fully saturated rings. The summed E-state index contributed by atoms with van der Waals surface area (Å²) in [5, 5.41) is 3.35. The number of nitrogens with zero attached hydrogens (tertiary/aromatic N) is 3. The van der Waals surface area contributed by atoms with Crippen LogP contribution in [-0.2, 0) is 0 Å². The molecule has 1 aromatic rings. The van der Waals surface area contributed by atoms with Crippen LogP contribution in [0.1, 0.15) is 25.0 Å². The average molecular weight is 285 g/mol. The van der Waals surface area contributed by atoms with Gasteiger partial charge in [-0.05, 0) is 48.8 Å². The molecule has 1 aliphatic rings. The van der Waals surface area contributed by atoms with E-state index in [0.717, 1.165) is 22.7 Å². The van der Waals surface area contributed by atoms with Gasteiger partial charge in [0, 0.05) is 0 Å². The minimum absolute atomic E-state index is 0.870. The van der Waals surface area contributed by atoms with Crippen LogP contribution in [0.15, 0.2) is 10.8 Å². The van der Waals surface area contributed by atoms with Gasteiger partial charge in [0.1, 0.15) is 12.1 Å². The molecule has 4 nitrogen and oxygen atoms in total. The van der Waals surface area contributed by atoms with Gasteiger partial charge in [-0.25, -0.2) is 9.97 Å². The molecular formula is C11H17BrN4. The molecule has 0 bridgehead atoms. The molecule has 0 amide bonds. The van der Waals surface area contributed by atoms with E-state index in [0.29, 0.717) is 0 Å². The number of aryl methyl sites for hydroxylation is 1. The Balaban J connectivity index is 1.91. The van der Waals surface area contributed by atoms with Crippen LogP contribution >= 0.6 is 15.9 Å². The van der Waals surface area contributed by atoms with Crippen molar-refractivity contribution in [3.05, 3.63) is 16.5 Å². The first-order valence-electron chi connectivity index (χ1n) is 5.70. The summed E-state index contributed by atoms with van der Waals surface area (Å²) in [6.07, 6.45) is 5.59. The number of halogens is 1. The van der Waals surface area contributed by atoms with Gasteiger partial charge in [-0.1, -0.05) is 6.42 Å². The third kappa shape index (κ3) is 2.92. The van der Waals surface area contributed by atoms with Crippen molar-refractivity contribution in [2.45, 2.75) is 26.2 Å². The number of hydrogen-bond acceptors (Lipinski definition) is 4. The molecule has 1 aromatic heterocycles. The van der Waals surface area contributed by atoms with Gasteiger partial charge in [0.2, 0.25) is 0 Å². The fourth-order valence-electron chi connectivity index (χ4n) is 1.89. The first-order chi connectivity index (χ1) is 7.77. The van der Waals surface area contributed by atoms with E-state index >= 15 is 0 Å². The summed E-state index contributed by atoms with van der Waals surface area (Å²) in [4.78, 5) is 10.8. The predicted octanol–water partition coefficient (Wildman–Crippen LogP) is 2.40. The SMILES string of the molecule is Cc1ncnc(NCN2CCCCC2)c1Br. The standard InChI is InChI=1S/C11H17BrN4/c1-9-10(12)11(14-7-13-9)15-8-16-5-3-2-4-6-16/h7H,2-6,8H2,1H3,(H,13,14,15). The summed E-state index contributed by atoms with van der Waals surface area (Å²) in [7, 11) is 0. The van der Waals surface area contributed by atoms with Crippen molar-refractivity contribution in [3.8, 4) is 0 Å². The number of likely N-dealkylation sites (tertiary alicyclic amines) is 1. The number of nitrogens with one attached hydrogen (secondary N) is 1. The maximum absolute atomic E-state index is 4.23. The van der Waals surface area contributed by atoms with Crippen LogP contribution in [0.3, 0.4) is 0 Å². The quantitative estimate of drug-likeness (QED) is 0.926. The lowest BCUT2D eigenvalue weighted by atomic mass is 10.1. The number of rotatable bonds is 3. The van der Waals surface area contributed by atoms with Crippen molar-refractivity contribution in [1.29, 1.82) is 0 Å². The average Bonchev–Trinajstić information content (AvgIpc) is 2.32. The van der Waals surface area contributed by atoms with Crippen molar-refractivity contribution < 1.29 is 0 Å². The first-order valence-corrected chi connectivity index (χ1v) is 6.50. The Kier molecular flexibility index (Phi) is 4.12. The van der Waals surface area contributed by atoms with Gasteiger partial charge in [-0.15, -0.1) is 0 Å². The highest BCUT2D eigenvalue weighted by molar-refractivity contribution is 9.10. The van der Waals surface area contributed by atoms with E-state index in [1.165, 1.54) is 32.4 Å². The Bertz CT molecular complexity index is 350. The van der Waals surface area contributed by atoms with E-state index in [2.05, 4.69) is 36.1 Å². The molecule has 0 aromatic carbocycles. The molecule has 1 aliphatic heterocycles. The van der Waals surface area contributed by atoms with Crippen LogP contribution < -0.4 is 5.32 Å². The van der Waals surface area contributed by atoms with Crippen LogP contribution in [0, 0.1) is 6.92 Å². The molecule has 0 spiro atoms. The molecule has 0 unspecified atom stereocenters. The van der Waals surface area contributed by atoms with Crippen LogP contribution in [0.2, 0.25) is 0 Å². The predicted molar refractivity (Wildman–Crippen MR) is 68.4 cm³/mol. The van der Waals surface area contributed by atoms with E-state index in [-0.39, 0.29) is 0 Å². The Morgan fingerprint density at radius 3 is 2.81 bits per heavy atom. The summed E-state index contributed by atoms with van der Waals surface area (Å²) in [5.41, 5.74) is 0.969. The van der Waals surface area contributed by atoms with Crippen molar-refractivity contribution in [2.75, 3.05) is 25.1 Å². The summed E-state index contributed by atoms with van der Waals surface area (Å²) < 4.78 is 0.965. The van der Waals surface area contributed by atoms with Crippen LogP contribution in [0.25, 0.3) is 0 Å². The summed E-state index contributed by atoms with van der Waals surface area (Å²) in [6, 6.07) is 0. The molecule has 2 heterocycles. The zero-order valence-corrected chi connectivity index (χ0v) is 11.1. The summed E-state index contributed by atoms with van der Waals surface area (Å²) >= 11 is 3.50. The molecule has 0 atom stereocenters. The zero-order valence-electron chi connectivity index (χ0n) is 9.54. The number of piperidine rings is 1. The Morgan fingerprint density at radius 2 is 2.06 bits per heavy atom. The smallest absolute Gasteiger partial charge is 0.145 e. The minimum Gasteiger partial charge on any atom is -0.356 e. The van der Waals surface area contributed by atoms with Crippen molar-refractivity contribution >= 4 is 21.7 Å². The van der Waals surface area contributed by atoms with Crippen molar-refractivity contribution in [3.63, 3.8) is 0 Å². The molecule has 88 valence electrons. The van der Waals surface area contributed by atoms with E-state index in [4.69, 9.17) is 0 Å². The van der Waals surface area contributed by atoms with E-state index in [1.54, 1.807) is 6.33 Å². The second kappa shape index (κ2) is 5.59. The monoisotopic (exact) mass is 284 g/mol. The maximum Gasteiger partial charge on any atom is 0.145 e. The van der Waals surface area contributed by atoms with Gasteiger partial charge in [-0.2, -0.15) is 0 Å². The fourth-order valence-corrected chi connectivity index (χ4v) is 2.23. The topological polar surface area (TPSA) is 41.1 Å². The third-order valence-corrected chi connectivity index (χ3v) is 3.83. The molecule has 1 N–H and O–H groups in total. The van der Waals surface area contributed by atoms with Crippen LogP contribution in [0.4, 0.5) is 5.82 Å². The van der Waals surface area contributed by atoms with E-state index < -0.39 is 0 Å². The summed E-state index contributed by atoms with van der Waals surface area (Å²) in [5.74, 6) is 0.887. The van der Waals surface area contributed by atoms with Crippen LogP contribution in [-0.4, -0.2) is 34.6 Å². The first kappa shape index (κ1) is 11.8. The third-order valence-electron chi connectivity index (χ3n) is 2.88. The highest BCUT2D eigenvalue weighted by Gasteiger charge is 2.10. The van der Waals surface area contributed by atoms with Gasteiger partial charge in [0.25, 0.3) is 0 Å². The Morgan fingerprint density at radius 1 is 1.31 bits per heavy atom. The highest BCUT2D eigenvalue weighted by Crippen LogP contribution is 2.21. The second-order valence-corrected chi connectivity index (χ2v) is 4.93. The van der Waals surface area contributed by atoms with Gasteiger partial charge >= 0.3 is 0 Å². The number of hydrogen-bond donors (Lipinski definition) is 1. The minimum atomic E-state index is 0.870. The van der Waals surface area contributed by atoms with Crippen molar-refractivity contribution in [2.24, 2.45) is 0 Å². The lowest BCUT2D eigenvalue weighted by molar-refractivity contribution is 0.243. The molecule has 1 saturated heterocycles. The maximum atomic E-state index is 4.23. The van der Waals surface area contributed by atoms with Crippen LogP contribution in [0.5, 0.6) is 0 Å². The molecule has 5 heteroatoms. The van der Waals surface area contributed by atoms with Crippen molar-refractivity contribution in [1.82, 2.24) is 14.9 Å². The fraction of sp³-hybridized carbons (Fsp3) is 0.636. The number of anilines is 1. The zero-order chi connectivity index (χ0) is 11.4. The largest absolute Gasteiger partial charge is 0.356 e. The molecule has 0 aliphatic carbocycles. The van der Waals surface area contributed by atoms with Gasteiger partial charge in [0.05, 0.1) is 16.8 Å². The lowest BCUT2D eigenvalue weighted by Crippen LogP contribution is -2.34. The molecule has 16 heavy (non-hydrogen) atoms. The lowest BCUT2D eigenvalue weighted by Gasteiger charge is -2.26. The number of aromatic nitrogens is 2. The van der Waals surface area contributed by atoms with E-state index in [9.17, 15) is 0 Å². The molecular weight excluding hydrogens is 268 g/mol. The van der Waals surface area contributed by atoms with Gasteiger partial charge in [-0.3, -0.25) is 4.90 Å². The molecule has 2 rings (SSSR count). The molecule has 0 saturated carbocycles. The highest BCUT2D eigenvalue weighted by atomic mass is 79.9. The van der Waals surface area contributed by atoms with Gasteiger partial charge in [0.15, 0.2) is 0 Å². The normalized spacial score (nSPS) is 17.4. The molecule has 0 radical (unpaired) electrons. The van der Waals surface area contributed by atoms with Gasteiger partial charge < -0.3 is 5.32 Å². The summed E-state index contributed by atoms with van der Waals surface area (Å²) in [6.45, 7) is 5.22. The van der Waals surface area contributed by atoms with E-state index in [1.807, 2.05) is 6.92 Å². The Hall–Kier alpha value is -0.680. The second-order valence-electron chi connectivity index (χ2n) is 4.14. The Labute approximate surface area is 105 Å².